The molecule has 0 unspecified atom stereocenters. The first-order valence-corrected chi connectivity index (χ1v) is 6.50. The highest BCUT2D eigenvalue weighted by atomic mass is 16.6. The molecule has 7 nitrogen and oxygen atoms in total. The zero-order valence-electron chi connectivity index (χ0n) is 11.7. The van der Waals surface area contributed by atoms with Crippen molar-refractivity contribution in [1.82, 2.24) is 15.0 Å². The molecule has 0 fully saturated rings. The van der Waals surface area contributed by atoms with Crippen LogP contribution in [0.3, 0.4) is 0 Å². The molecular formula is C15H13N3O4. The number of phenolic OH excluding ortho intramolecular Hbond substituents is 1. The number of imidazole rings is 1. The number of methoxy groups -OCH3 is 1. The van der Waals surface area contributed by atoms with Crippen molar-refractivity contribution in [3.05, 3.63) is 36.7 Å². The summed E-state index contributed by atoms with van der Waals surface area (Å²) in [6, 6.07) is 6.52. The van der Waals surface area contributed by atoms with Crippen LogP contribution in [0.2, 0.25) is 0 Å². The number of benzene rings is 1. The lowest BCUT2D eigenvalue weighted by molar-refractivity contribution is -0.142. The smallest absolute Gasteiger partial charge is 0.343 e. The topological polar surface area (TPSA) is 97.3 Å². The molecule has 7 heteroatoms. The molecule has 0 aliphatic heterocycles. The summed E-state index contributed by atoms with van der Waals surface area (Å²) in [6.45, 7) is -0.217. The van der Waals surface area contributed by atoms with E-state index in [1.807, 2.05) is 0 Å². The van der Waals surface area contributed by atoms with Gasteiger partial charge in [-0.2, -0.15) is 0 Å². The fourth-order valence-corrected chi connectivity index (χ4v) is 1.99. The average Bonchev–Trinajstić information content (AvgIpc) is 2.96. The van der Waals surface area contributed by atoms with Crippen LogP contribution in [0.1, 0.15) is 0 Å². The van der Waals surface area contributed by atoms with Gasteiger partial charge in [0.05, 0.1) is 24.4 Å². The SMILES string of the molecule is COC(=O)COc1ccc(-c2nc3cnccc3[nH]2)c(O)c1. The van der Waals surface area contributed by atoms with Crippen LogP contribution in [-0.4, -0.2) is 39.7 Å². The zero-order chi connectivity index (χ0) is 15.5. The van der Waals surface area contributed by atoms with Crippen molar-refractivity contribution in [1.29, 1.82) is 0 Å². The van der Waals surface area contributed by atoms with Crippen LogP contribution in [0.15, 0.2) is 36.7 Å². The summed E-state index contributed by atoms with van der Waals surface area (Å²) in [7, 11) is 1.28. The fourth-order valence-electron chi connectivity index (χ4n) is 1.99. The standard InChI is InChI=1S/C15H13N3O4/c1-21-14(20)8-22-9-2-3-10(13(19)6-9)15-17-11-4-5-16-7-12(11)18-15/h2-7,19H,8H2,1H3,(H,17,18). The first-order valence-electron chi connectivity index (χ1n) is 6.50. The van der Waals surface area contributed by atoms with Crippen molar-refractivity contribution in [2.24, 2.45) is 0 Å². The van der Waals surface area contributed by atoms with E-state index < -0.39 is 5.97 Å². The molecule has 0 radical (unpaired) electrons. The summed E-state index contributed by atoms with van der Waals surface area (Å²) in [4.78, 5) is 22.5. The summed E-state index contributed by atoms with van der Waals surface area (Å²) in [5, 5.41) is 10.1. The van der Waals surface area contributed by atoms with Gasteiger partial charge in [0.1, 0.15) is 22.8 Å². The molecule has 0 amide bonds. The number of nitrogens with zero attached hydrogens (tertiary/aromatic N) is 2. The Labute approximate surface area is 125 Å². The third-order valence-electron chi connectivity index (χ3n) is 3.09. The van der Waals surface area contributed by atoms with Gasteiger partial charge in [-0.1, -0.05) is 0 Å². The van der Waals surface area contributed by atoms with Gasteiger partial charge in [0.2, 0.25) is 0 Å². The molecule has 3 rings (SSSR count). The first-order chi connectivity index (χ1) is 10.7. The number of ether oxygens (including phenoxy) is 2. The number of H-pyrrole nitrogens is 1. The summed E-state index contributed by atoms with van der Waals surface area (Å²) in [5.41, 5.74) is 2.07. The lowest BCUT2D eigenvalue weighted by Crippen LogP contribution is -2.12. The normalized spacial score (nSPS) is 10.6. The Morgan fingerprint density at radius 3 is 2.95 bits per heavy atom. The van der Waals surface area contributed by atoms with Gasteiger partial charge in [0, 0.05) is 12.3 Å². The largest absolute Gasteiger partial charge is 0.507 e. The minimum Gasteiger partial charge on any atom is -0.507 e. The predicted octanol–water partition coefficient (Wildman–Crippen LogP) is 1.88. The maximum absolute atomic E-state index is 11.0. The molecule has 22 heavy (non-hydrogen) atoms. The van der Waals surface area contributed by atoms with E-state index in [4.69, 9.17) is 4.74 Å². The molecule has 0 saturated carbocycles. The monoisotopic (exact) mass is 299 g/mol. The second-order valence-electron chi connectivity index (χ2n) is 4.52. The molecule has 0 aliphatic rings. The van der Waals surface area contributed by atoms with E-state index in [0.717, 1.165) is 5.52 Å². The minimum absolute atomic E-state index is 0.00520. The molecular weight excluding hydrogens is 286 g/mol. The summed E-state index contributed by atoms with van der Waals surface area (Å²) in [5.74, 6) is 0.396. The van der Waals surface area contributed by atoms with Crippen LogP contribution in [0.25, 0.3) is 22.4 Å². The highest BCUT2D eigenvalue weighted by Gasteiger charge is 2.11. The number of hydrogen-bond donors (Lipinski definition) is 2. The second-order valence-corrected chi connectivity index (χ2v) is 4.52. The zero-order valence-corrected chi connectivity index (χ0v) is 11.7. The average molecular weight is 299 g/mol. The molecule has 2 N–H and O–H groups in total. The number of esters is 1. The Morgan fingerprint density at radius 2 is 2.23 bits per heavy atom. The molecule has 112 valence electrons. The van der Waals surface area contributed by atoms with Crippen molar-refractivity contribution in [2.75, 3.05) is 13.7 Å². The molecule has 0 bridgehead atoms. The number of nitrogens with one attached hydrogen (secondary N) is 1. The Hall–Kier alpha value is -3.09. The fraction of sp³-hybridized carbons (Fsp3) is 0.133. The van der Waals surface area contributed by atoms with Crippen molar-refractivity contribution >= 4 is 17.0 Å². The predicted molar refractivity (Wildman–Crippen MR) is 78.5 cm³/mol. The number of pyridine rings is 1. The Morgan fingerprint density at radius 1 is 1.36 bits per heavy atom. The number of hydrogen-bond acceptors (Lipinski definition) is 6. The summed E-state index contributed by atoms with van der Waals surface area (Å²) in [6.07, 6.45) is 3.30. The van der Waals surface area contributed by atoms with Crippen molar-refractivity contribution in [3.8, 4) is 22.9 Å². The molecule has 0 aliphatic carbocycles. The van der Waals surface area contributed by atoms with Crippen LogP contribution in [-0.2, 0) is 9.53 Å². The summed E-state index contributed by atoms with van der Waals surface area (Å²) >= 11 is 0. The highest BCUT2D eigenvalue weighted by molar-refractivity contribution is 5.80. The quantitative estimate of drug-likeness (QED) is 0.714. The Kier molecular flexibility index (Phi) is 3.61. The lowest BCUT2D eigenvalue weighted by atomic mass is 10.2. The maximum Gasteiger partial charge on any atom is 0.343 e. The van der Waals surface area contributed by atoms with Gasteiger partial charge in [0.25, 0.3) is 0 Å². The Bertz CT molecular complexity index is 796. The maximum atomic E-state index is 11.0. The van der Waals surface area contributed by atoms with E-state index in [-0.39, 0.29) is 12.4 Å². The molecule has 2 heterocycles. The molecule has 3 aromatic rings. The van der Waals surface area contributed by atoms with Crippen LogP contribution < -0.4 is 4.74 Å². The van der Waals surface area contributed by atoms with Gasteiger partial charge in [-0.15, -0.1) is 0 Å². The van der Waals surface area contributed by atoms with E-state index in [0.29, 0.717) is 22.7 Å². The molecule has 2 aromatic heterocycles. The van der Waals surface area contributed by atoms with Crippen molar-refractivity contribution in [3.63, 3.8) is 0 Å². The van der Waals surface area contributed by atoms with E-state index in [1.54, 1.807) is 30.6 Å². The second kappa shape index (κ2) is 5.72. The first kappa shape index (κ1) is 13.9. The molecule has 0 atom stereocenters. The van der Waals surface area contributed by atoms with Crippen LogP contribution in [0.5, 0.6) is 11.5 Å². The van der Waals surface area contributed by atoms with E-state index in [1.165, 1.54) is 13.2 Å². The van der Waals surface area contributed by atoms with Crippen LogP contribution >= 0.6 is 0 Å². The number of fused-ring (bicyclic) bond motifs is 1. The highest BCUT2D eigenvalue weighted by Crippen LogP contribution is 2.31. The van der Waals surface area contributed by atoms with Gasteiger partial charge < -0.3 is 19.6 Å². The van der Waals surface area contributed by atoms with Crippen LogP contribution in [0, 0.1) is 0 Å². The van der Waals surface area contributed by atoms with Gasteiger partial charge in [0.15, 0.2) is 6.61 Å². The van der Waals surface area contributed by atoms with E-state index in [9.17, 15) is 9.90 Å². The molecule has 1 aromatic carbocycles. The number of carbonyl (C=O) groups is 1. The minimum atomic E-state index is -0.492. The lowest BCUT2D eigenvalue weighted by Gasteiger charge is -2.07. The van der Waals surface area contributed by atoms with Gasteiger partial charge >= 0.3 is 5.97 Å². The van der Waals surface area contributed by atoms with Crippen molar-refractivity contribution < 1.29 is 19.4 Å². The third-order valence-corrected chi connectivity index (χ3v) is 3.09. The summed E-state index contributed by atoms with van der Waals surface area (Å²) < 4.78 is 9.70. The number of aromatic amines is 1. The number of phenols is 1. The van der Waals surface area contributed by atoms with E-state index >= 15 is 0 Å². The number of aromatic hydroxyl groups is 1. The number of rotatable bonds is 4. The number of aromatic nitrogens is 3. The van der Waals surface area contributed by atoms with Crippen molar-refractivity contribution in [2.45, 2.75) is 0 Å². The Balaban J connectivity index is 1.87. The molecule has 0 saturated heterocycles. The third kappa shape index (κ3) is 2.69. The van der Waals surface area contributed by atoms with Crippen LogP contribution in [0.4, 0.5) is 0 Å². The molecule has 0 spiro atoms. The van der Waals surface area contributed by atoms with Gasteiger partial charge in [-0.25, -0.2) is 9.78 Å². The number of carbonyl (C=O) groups excluding carboxylic acids is 1. The van der Waals surface area contributed by atoms with Gasteiger partial charge in [-0.05, 0) is 18.2 Å². The van der Waals surface area contributed by atoms with Gasteiger partial charge in [-0.3, -0.25) is 4.98 Å². The van der Waals surface area contributed by atoms with E-state index in [2.05, 4.69) is 19.7 Å².